The van der Waals surface area contributed by atoms with Crippen LogP contribution in [-0.4, -0.2) is 31.1 Å². The first-order chi connectivity index (χ1) is 14.7. The van der Waals surface area contributed by atoms with Crippen molar-refractivity contribution in [3.63, 3.8) is 0 Å². The number of carbonyl (C=O) groups is 1. The van der Waals surface area contributed by atoms with E-state index in [0.717, 1.165) is 29.0 Å². The normalized spacial score (nSPS) is 11.1. The van der Waals surface area contributed by atoms with Crippen LogP contribution in [0.1, 0.15) is 28.5 Å². The Hall–Kier alpha value is -3.65. The Kier molecular flexibility index (Phi) is 6.05. The van der Waals surface area contributed by atoms with E-state index in [1.807, 2.05) is 30.5 Å². The molecule has 7 nitrogen and oxygen atoms in total. The highest BCUT2D eigenvalue weighted by atomic mass is 32.1. The van der Waals surface area contributed by atoms with Crippen LogP contribution in [0.25, 0.3) is 11.8 Å². The Morgan fingerprint density at radius 3 is 2.57 bits per heavy atom. The van der Waals surface area contributed by atoms with Crippen LogP contribution >= 0.6 is 11.3 Å². The summed E-state index contributed by atoms with van der Waals surface area (Å²) in [6.45, 7) is 2.15. The van der Waals surface area contributed by atoms with Gasteiger partial charge in [-0.1, -0.05) is 43.3 Å². The zero-order valence-electron chi connectivity index (χ0n) is 16.4. The van der Waals surface area contributed by atoms with E-state index in [1.54, 1.807) is 10.8 Å². The number of tetrazole rings is 1. The van der Waals surface area contributed by atoms with E-state index in [4.69, 9.17) is 0 Å². The van der Waals surface area contributed by atoms with Gasteiger partial charge in [-0.15, -0.1) is 16.4 Å². The summed E-state index contributed by atoms with van der Waals surface area (Å²) in [6, 6.07) is 16.1. The van der Waals surface area contributed by atoms with Gasteiger partial charge >= 0.3 is 0 Å². The lowest BCUT2D eigenvalue weighted by atomic mass is 10.1. The number of benzene rings is 2. The van der Waals surface area contributed by atoms with Gasteiger partial charge in [-0.2, -0.15) is 0 Å². The number of carbonyl (C=O) groups excluding carboxylic acids is 1. The summed E-state index contributed by atoms with van der Waals surface area (Å²) in [6.07, 6.45) is 8.43. The maximum Gasteiger partial charge on any atom is 0.250 e. The standard InChI is InChI=1S/C22H20N6OS/c1-2-16-3-5-18(6-4-16)13-20-14-23-22(30-20)25-21(29)12-9-17-7-10-19(11-8-17)28-15-24-26-27-28/h3-12,14-15H,2,13H2,1H3,(H,23,25,29)/b12-9+. The molecular formula is C22H20N6OS. The predicted octanol–water partition coefficient (Wildman–Crippen LogP) is 3.92. The van der Waals surface area contributed by atoms with Gasteiger partial charge in [-0.25, -0.2) is 9.67 Å². The summed E-state index contributed by atoms with van der Waals surface area (Å²) < 4.78 is 1.57. The van der Waals surface area contributed by atoms with Crippen molar-refractivity contribution in [2.24, 2.45) is 0 Å². The number of rotatable bonds is 7. The largest absolute Gasteiger partial charge is 0.298 e. The van der Waals surface area contributed by atoms with Crippen LogP contribution in [-0.2, 0) is 17.6 Å². The van der Waals surface area contributed by atoms with E-state index in [-0.39, 0.29) is 5.91 Å². The highest BCUT2D eigenvalue weighted by Crippen LogP contribution is 2.21. The number of anilines is 1. The van der Waals surface area contributed by atoms with Gasteiger partial charge in [-0.05, 0) is 51.7 Å². The van der Waals surface area contributed by atoms with Crippen molar-refractivity contribution < 1.29 is 4.79 Å². The van der Waals surface area contributed by atoms with Crippen molar-refractivity contribution >= 4 is 28.5 Å². The molecule has 0 saturated carbocycles. The van der Waals surface area contributed by atoms with Crippen molar-refractivity contribution in [2.75, 3.05) is 5.32 Å². The summed E-state index contributed by atoms with van der Waals surface area (Å²) in [7, 11) is 0. The van der Waals surface area contributed by atoms with Crippen LogP contribution in [0, 0.1) is 0 Å². The topological polar surface area (TPSA) is 85.6 Å². The van der Waals surface area contributed by atoms with Crippen molar-refractivity contribution in [3.05, 3.63) is 88.7 Å². The number of nitrogens with zero attached hydrogens (tertiary/aromatic N) is 5. The first kappa shape index (κ1) is 19.7. The molecule has 0 saturated heterocycles. The molecule has 1 N–H and O–H groups in total. The van der Waals surface area contributed by atoms with Crippen LogP contribution in [0.3, 0.4) is 0 Å². The fraction of sp³-hybridized carbons (Fsp3) is 0.136. The number of amides is 1. The maximum atomic E-state index is 12.2. The van der Waals surface area contributed by atoms with E-state index >= 15 is 0 Å². The molecule has 30 heavy (non-hydrogen) atoms. The van der Waals surface area contributed by atoms with Crippen molar-refractivity contribution in [3.8, 4) is 5.69 Å². The molecule has 2 aromatic carbocycles. The third kappa shape index (κ3) is 5.03. The summed E-state index contributed by atoms with van der Waals surface area (Å²) >= 11 is 1.49. The van der Waals surface area contributed by atoms with Crippen molar-refractivity contribution in [1.82, 2.24) is 25.2 Å². The van der Waals surface area contributed by atoms with E-state index in [0.29, 0.717) is 5.13 Å². The minimum atomic E-state index is -0.215. The molecule has 0 radical (unpaired) electrons. The minimum Gasteiger partial charge on any atom is -0.298 e. The average molecular weight is 417 g/mol. The average Bonchev–Trinajstić information content (AvgIpc) is 3.46. The van der Waals surface area contributed by atoms with Gasteiger partial charge < -0.3 is 0 Å². The van der Waals surface area contributed by atoms with Gasteiger partial charge in [0.25, 0.3) is 0 Å². The highest BCUT2D eigenvalue weighted by molar-refractivity contribution is 7.15. The zero-order valence-corrected chi connectivity index (χ0v) is 17.2. The number of hydrogen-bond acceptors (Lipinski definition) is 6. The molecule has 8 heteroatoms. The molecule has 4 rings (SSSR count). The van der Waals surface area contributed by atoms with Crippen LogP contribution in [0.4, 0.5) is 5.13 Å². The maximum absolute atomic E-state index is 12.2. The second kappa shape index (κ2) is 9.23. The number of hydrogen-bond donors (Lipinski definition) is 1. The van der Waals surface area contributed by atoms with Gasteiger partial charge in [0, 0.05) is 23.6 Å². The minimum absolute atomic E-state index is 0.215. The Morgan fingerprint density at radius 2 is 1.87 bits per heavy atom. The van der Waals surface area contributed by atoms with E-state index in [9.17, 15) is 4.79 Å². The fourth-order valence-corrected chi connectivity index (χ4v) is 3.73. The van der Waals surface area contributed by atoms with Crippen LogP contribution < -0.4 is 5.32 Å². The molecule has 0 unspecified atom stereocenters. The molecule has 2 heterocycles. The van der Waals surface area contributed by atoms with Gasteiger partial charge in [0.15, 0.2) is 5.13 Å². The number of aromatic nitrogens is 5. The molecule has 0 aliphatic rings. The van der Waals surface area contributed by atoms with Gasteiger partial charge in [0.2, 0.25) is 5.91 Å². The lowest BCUT2D eigenvalue weighted by Gasteiger charge is -2.01. The fourth-order valence-electron chi connectivity index (χ4n) is 2.88. The number of nitrogens with one attached hydrogen (secondary N) is 1. The molecule has 150 valence electrons. The molecule has 0 aliphatic carbocycles. The Bertz CT molecular complexity index is 1130. The molecule has 0 aliphatic heterocycles. The SMILES string of the molecule is CCc1ccc(Cc2cnc(NC(=O)/C=C/c3ccc(-n4cnnn4)cc3)s2)cc1. The predicted molar refractivity (Wildman–Crippen MR) is 118 cm³/mol. The quantitative estimate of drug-likeness (QED) is 0.462. The Morgan fingerprint density at radius 1 is 1.10 bits per heavy atom. The second-order valence-corrected chi connectivity index (χ2v) is 7.76. The summed E-state index contributed by atoms with van der Waals surface area (Å²) in [5.41, 5.74) is 4.31. The monoisotopic (exact) mass is 416 g/mol. The molecule has 0 fully saturated rings. The van der Waals surface area contributed by atoms with Crippen LogP contribution in [0.5, 0.6) is 0 Å². The Balaban J connectivity index is 1.32. The number of thiazole rings is 1. The van der Waals surface area contributed by atoms with Gasteiger partial charge in [-0.3, -0.25) is 10.1 Å². The smallest absolute Gasteiger partial charge is 0.250 e. The van der Waals surface area contributed by atoms with Crippen molar-refractivity contribution in [2.45, 2.75) is 19.8 Å². The Labute approximate surface area is 178 Å². The molecular weight excluding hydrogens is 396 g/mol. The molecule has 2 aromatic heterocycles. The first-order valence-corrected chi connectivity index (χ1v) is 10.4. The lowest BCUT2D eigenvalue weighted by Crippen LogP contribution is -2.07. The van der Waals surface area contributed by atoms with Gasteiger partial charge in [0.1, 0.15) is 6.33 Å². The first-order valence-electron chi connectivity index (χ1n) is 9.54. The van der Waals surface area contributed by atoms with Crippen LogP contribution in [0.15, 0.2) is 67.1 Å². The van der Waals surface area contributed by atoms with Crippen molar-refractivity contribution in [1.29, 1.82) is 0 Å². The van der Waals surface area contributed by atoms with E-state index in [2.05, 4.69) is 57.0 Å². The zero-order chi connectivity index (χ0) is 20.8. The molecule has 0 atom stereocenters. The third-order valence-electron chi connectivity index (χ3n) is 4.53. The second-order valence-electron chi connectivity index (χ2n) is 6.65. The van der Waals surface area contributed by atoms with E-state index in [1.165, 1.54) is 34.9 Å². The molecule has 0 spiro atoms. The third-order valence-corrected chi connectivity index (χ3v) is 5.44. The summed E-state index contributed by atoms with van der Waals surface area (Å²) in [5.74, 6) is -0.215. The molecule has 0 bridgehead atoms. The summed E-state index contributed by atoms with van der Waals surface area (Å²) in [4.78, 5) is 17.6. The molecule has 4 aromatic rings. The highest BCUT2D eigenvalue weighted by Gasteiger charge is 2.06. The summed E-state index contributed by atoms with van der Waals surface area (Å²) in [5, 5.41) is 14.5. The molecule has 1 amide bonds. The lowest BCUT2D eigenvalue weighted by molar-refractivity contribution is -0.111. The number of aryl methyl sites for hydroxylation is 1. The van der Waals surface area contributed by atoms with Crippen LogP contribution in [0.2, 0.25) is 0 Å². The van der Waals surface area contributed by atoms with E-state index < -0.39 is 0 Å². The van der Waals surface area contributed by atoms with Gasteiger partial charge in [0.05, 0.1) is 5.69 Å².